The summed E-state index contributed by atoms with van der Waals surface area (Å²) in [5.41, 5.74) is 2.84. The van der Waals surface area contributed by atoms with Crippen molar-refractivity contribution in [3.63, 3.8) is 0 Å². The van der Waals surface area contributed by atoms with Crippen LogP contribution in [0.3, 0.4) is 0 Å². The van der Waals surface area contributed by atoms with Crippen molar-refractivity contribution in [3.05, 3.63) is 75.8 Å². The highest BCUT2D eigenvalue weighted by molar-refractivity contribution is 8.18. The maximum absolute atomic E-state index is 13.0. The van der Waals surface area contributed by atoms with Gasteiger partial charge in [0.25, 0.3) is 11.1 Å². The number of thioether (sulfide) groups is 1. The Hall–Kier alpha value is -3.03. The summed E-state index contributed by atoms with van der Waals surface area (Å²) in [5.74, 6) is -0.581. The van der Waals surface area contributed by atoms with Gasteiger partial charge in [0.15, 0.2) is 0 Å². The maximum atomic E-state index is 13.0. The van der Waals surface area contributed by atoms with Crippen LogP contribution in [0.1, 0.15) is 30.4 Å². The van der Waals surface area contributed by atoms with E-state index in [-0.39, 0.29) is 12.5 Å². The monoisotopic (exact) mass is 493 g/mol. The van der Waals surface area contributed by atoms with E-state index < -0.39 is 11.1 Å². The standard InChI is InChI=1S/C26H24ClN3O3S/c27-21-10-4-2-8-18(21)15-29-16-19(20-9-3-5-11-22(20)29)14-23-25(32)30(26(33)34-23)17-24(31)28-12-6-1-7-13-28/h2-5,8-11,14,16H,1,6-7,12-13,15,17H2/b23-14+. The summed E-state index contributed by atoms with van der Waals surface area (Å²) in [6, 6.07) is 15.6. The second-order valence-electron chi connectivity index (χ2n) is 8.53. The van der Waals surface area contributed by atoms with Crippen LogP contribution >= 0.6 is 23.4 Å². The Labute approximate surface area is 207 Å². The number of carbonyl (C=O) groups is 3. The molecule has 174 valence electrons. The molecule has 2 fully saturated rings. The minimum Gasteiger partial charge on any atom is -0.342 e. The summed E-state index contributed by atoms with van der Waals surface area (Å²) in [7, 11) is 0. The molecule has 3 aromatic rings. The molecule has 8 heteroatoms. The Kier molecular flexibility index (Phi) is 6.48. The van der Waals surface area contributed by atoms with Gasteiger partial charge in [-0.15, -0.1) is 0 Å². The largest absolute Gasteiger partial charge is 0.342 e. The number of piperidine rings is 1. The van der Waals surface area contributed by atoms with Gasteiger partial charge in [-0.25, -0.2) is 0 Å². The molecule has 0 aliphatic carbocycles. The van der Waals surface area contributed by atoms with Gasteiger partial charge in [-0.1, -0.05) is 48.0 Å². The summed E-state index contributed by atoms with van der Waals surface area (Å²) in [4.78, 5) is 41.4. The van der Waals surface area contributed by atoms with Gasteiger partial charge in [0.1, 0.15) is 6.54 Å². The van der Waals surface area contributed by atoms with Gasteiger partial charge in [-0.3, -0.25) is 19.3 Å². The first-order valence-electron chi connectivity index (χ1n) is 11.4. The molecule has 0 radical (unpaired) electrons. The number of benzene rings is 2. The fourth-order valence-electron chi connectivity index (χ4n) is 4.49. The van der Waals surface area contributed by atoms with Crippen LogP contribution in [0, 0.1) is 0 Å². The molecule has 0 bridgehead atoms. The number of aromatic nitrogens is 1. The molecule has 0 saturated carbocycles. The molecule has 5 rings (SSSR count). The number of imide groups is 1. The maximum Gasteiger partial charge on any atom is 0.294 e. The predicted octanol–water partition coefficient (Wildman–Crippen LogP) is 5.39. The van der Waals surface area contributed by atoms with Crippen molar-refractivity contribution in [2.75, 3.05) is 19.6 Å². The average Bonchev–Trinajstić information content (AvgIpc) is 3.33. The molecule has 6 nitrogen and oxygen atoms in total. The summed E-state index contributed by atoms with van der Waals surface area (Å²) in [6.07, 6.45) is 6.76. The van der Waals surface area contributed by atoms with E-state index in [1.807, 2.05) is 54.7 Å². The van der Waals surface area contributed by atoms with Gasteiger partial charge < -0.3 is 9.47 Å². The number of halogens is 1. The van der Waals surface area contributed by atoms with Crippen LogP contribution in [0.2, 0.25) is 5.02 Å². The van der Waals surface area contributed by atoms with Gasteiger partial charge in [-0.2, -0.15) is 0 Å². The molecule has 0 atom stereocenters. The zero-order chi connectivity index (χ0) is 23.7. The quantitative estimate of drug-likeness (QED) is 0.447. The number of amides is 3. The topological polar surface area (TPSA) is 62.6 Å². The van der Waals surface area contributed by atoms with E-state index in [4.69, 9.17) is 11.6 Å². The summed E-state index contributed by atoms with van der Waals surface area (Å²) in [6.45, 7) is 1.77. The Bertz CT molecular complexity index is 1310. The molecule has 0 spiro atoms. The Morgan fingerprint density at radius 1 is 1.00 bits per heavy atom. The number of nitrogens with zero attached hydrogens (tertiary/aromatic N) is 3. The van der Waals surface area contributed by atoms with Crippen LogP contribution in [0.4, 0.5) is 4.79 Å². The average molecular weight is 494 g/mol. The molecule has 2 aliphatic rings. The highest BCUT2D eigenvalue weighted by atomic mass is 35.5. The third-order valence-electron chi connectivity index (χ3n) is 6.28. The van der Waals surface area contributed by atoms with Crippen molar-refractivity contribution < 1.29 is 14.4 Å². The second kappa shape index (κ2) is 9.68. The van der Waals surface area contributed by atoms with Crippen LogP contribution in [-0.4, -0.2) is 51.1 Å². The van der Waals surface area contributed by atoms with Gasteiger partial charge in [0, 0.05) is 47.3 Å². The van der Waals surface area contributed by atoms with Crippen LogP contribution in [0.15, 0.2) is 59.6 Å². The van der Waals surface area contributed by atoms with Crippen molar-refractivity contribution in [1.82, 2.24) is 14.4 Å². The number of rotatable bonds is 5. The van der Waals surface area contributed by atoms with Crippen molar-refractivity contribution in [1.29, 1.82) is 0 Å². The molecular formula is C26H24ClN3O3S. The summed E-state index contributed by atoms with van der Waals surface area (Å²) in [5, 5.41) is 1.27. The lowest BCUT2D eigenvalue weighted by Crippen LogP contribution is -2.44. The highest BCUT2D eigenvalue weighted by Gasteiger charge is 2.37. The molecule has 3 heterocycles. The highest BCUT2D eigenvalue weighted by Crippen LogP contribution is 2.34. The first kappa shape index (κ1) is 22.7. The van der Waals surface area contributed by atoms with Crippen LogP contribution < -0.4 is 0 Å². The van der Waals surface area contributed by atoms with Crippen molar-refractivity contribution in [2.24, 2.45) is 0 Å². The molecule has 0 unspecified atom stereocenters. The second-order valence-corrected chi connectivity index (χ2v) is 9.93. The molecule has 34 heavy (non-hydrogen) atoms. The molecule has 2 aliphatic heterocycles. The zero-order valence-corrected chi connectivity index (χ0v) is 20.1. The van der Waals surface area contributed by atoms with Crippen LogP contribution in [0.5, 0.6) is 0 Å². The van der Waals surface area contributed by atoms with Gasteiger partial charge in [0.05, 0.1) is 4.91 Å². The smallest absolute Gasteiger partial charge is 0.294 e. The molecule has 2 saturated heterocycles. The van der Waals surface area contributed by atoms with E-state index in [9.17, 15) is 14.4 Å². The number of para-hydroxylation sites is 1. The van der Waals surface area contributed by atoms with E-state index >= 15 is 0 Å². The first-order valence-corrected chi connectivity index (χ1v) is 12.5. The van der Waals surface area contributed by atoms with Crippen LogP contribution in [-0.2, 0) is 16.1 Å². The number of hydrogen-bond acceptors (Lipinski definition) is 4. The Morgan fingerprint density at radius 2 is 1.74 bits per heavy atom. The van der Waals surface area contributed by atoms with Crippen molar-refractivity contribution in [2.45, 2.75) is 25.8 Å². The zero-order valence-electron chi connectivity index (χ0n) is 18.6. The van der Waals surface area contributed by atoms with E-state index in [1.54, 1.807) is 11.0 Å². The lowest BCUT2D eigenvalue weighted by molar-refractivity contribution is -0.136. The van der Waals surface area contributed by atoms with E-state index in [0.717, 1.165) is 58.0 Å². The third-order valence-corrected chi connectivity index (χ3v) is 7.56. The molecule has 1 aromatic heterocycles. The molecular weight excluding hydrogens is 470 g/mol. The molecule has 0 N–H and O–H groups in total. The number of hydrogen-bond donors (Lipinski definition) is 0. The van der Waals surface area contributed by atoms with E-state index in [0.29, 0.717) is 29.6 Å². The minimum atomic E-state index is -0.414. The third kappa shape index (κ3) is 4.50. The van der Waals surface area contributed by atoms with Crippen molar-refractivity contribution in [3.8, 4) is 0 Å². The SMILES string of the molecule is O=C(CN1C(=O)S/C(=C/c2cn(Cc3ccccc3Cl)c3ccccc23)C1=O)N1CCCCC1. The lowest BCUT2D eigenvalue weighted by atomic mass is 10.1. The normalized spacial score (nSPS) is 17.9. The van der Waals surface area contributed by atoms with E-state index in [2.05, 4.69) is 4.57 Å². The van der Waals surface area contributed by atoms with Gasteiger partial charge >= 0.3 is 0 Å². The minimum absolute atomic E-state index is 0.167. The van der Waals surface area contributed by atoms with Gasteiger partial charge in [-0.05, 0) is 54.8 Å². The molecule has 3 amide bonds. The molecule has 2 aromatic carbocycles. The Balaban J connectivity index is 1.41. The fraction of sp³-hybridized carbons (Fsp3) is 0.269. The number of carbonyl (C=O) groups excluding carboxylic acids is 3. The number of likely N-dealkylation sites (tertiary alicyclic amines) is 1. The Morgan fingerprint density at radius 3 is 2.53 bits per heavy atom. The van der Waals surface area contributed by atoms with E-state index in [1.165, 1.54) is 0 Å². The predicted molar refractivity (Wildman–Crippen MR) is 136 cm³/mol. The number of fused-ring (bicyclic) bond motifs is 1. The fourth-order valence-corrected chi connectivity index (χ4v) is 5.51. The summed E-state index contributed by atoms with van der Waals surface area (Å²) < 4.78 is 2.09. The van der Waals surface area contributed by atoms with Crippen molar-refractivity contribution >= 4 is 57.4 Å². The first-order chi connectivity index (χ1) is 16.5. The van der Waals surface area contributed by atoms with Gasteiger partial charge in [0.2, 0.25) is 5.91 Å². The summed E-state index contributed by atoms with van der Waals surface area (Å²) >= 11 is 7.26. The lowest BCUT2D eigenvalue weighted by Gasteiger charge is -2.27. The van der Waals surface area contributed by atoms with Crippen LogP contribution in [0.25, 0.3) is 17.0 Å².